The Morgan fingerprint density at radius 2 is 2.16 bits per heavy atom. The van der Waals surface area contributed by atoms with Crippen molar-refractivity contribution in [1.29, 1.82) is 0 Å². The Morgan fingerprint density at radius 1 is 1.37 bits per heavy atom. The monoisotopic (exact) mass is 260 g/mol. The van der Waals surface area contributed by atoms with Crippen molar-refractivity contribution in [3.63, 3.8) is 0 Å². The van der Waals surface area contributed by atoms with E-state index in [0.717, 1.165) is 12.0 Å². The number of nitrogens with two attached hydrogens (primary N) is 1. The van der Waals surface area contributed by atoms with Crippen molar-refractivity contribution >= 4 is 0 Å². The third kappa shape index (κ3) is 4.13. The fraction of sp³-hybridized carbons (Fsp3) is 0.500. The molecular weight excluding hydrogens is 240 g/mol. The molecule has 0 radical (unpaired) electrons. The third-order valence-corrected chi connectivity index (χ3v) is 2.70. The van der Waals surface area contributed by atoms with Crippen molar-refractivity contribution in [2.24, 2.45) is 11.1 Å². The van der Waals surface area contributed by atoms with Crippen LogP contribution in [-0.2, 0) is 6.42 Å². The van der Waals surface area contributed by atoms with Gasteiger partial charge in [-0.25, -0.2) is 0 Å². The molecule has 2 heterocycles. The highest BCUT2D eigenvalue weighted by Crippen LogP contribution is 2.22. The number of hydrogen-bond donors (Lipinski definition) is 1. The van der Waals surface area contributed by atoms with Crippen LogP contribution >= 0.6 is 0 Å². The van der Waals surface area contributed by atoms with E-state index in [0.29, 0.717) is 18.1 Å². The van der Waals surface area contributed by atoms with Crippen LogP contribution in [-0.4, -0.2) is 21.2 Å². The van der Waals surface area contributed by atoms with E-state index in [1.54, 1.807) is 12.4 Å². The normalized spacial score (nSPS) is 13.5. The van der Waals surface area contributed by atoms with Gasteiger partial charge in [-0.2, -0.15) is 4.98 Å². The first-order valence-electron chi connectivity index (χ1n) is 6.42. The Labute approximate surface area is 113 Å². The summed E-state index contributed by atoms with van der Waals surface area (Å²) in [5, 5.41) is 3.95. The first kappa shape index (κ1) is 13.7. The SMILES string of the molecule is CC(C)(C)CC(N)Cc1nc(-c2cccnc2)no1. The highest BCUT2D eigenvalue weighted by molar-refractivity contribution is 5.51. The molecule has 2 aromatic rings. The molecule has 0 aliphatic heterocycles. The molecule has 5 heteroatoms. The van der Waals surface area contributed by atoms with E-state index in [2.05, 4.69) is 35.9 Å². The summed E-state index contributed by atoms with van der Waals surface area (Å²) >= 11 is 0. The van der Waals surface area contributed by atoms with Gasteiger partial charge in [-0.15, -0.1) is 0 Å². The molecule has 0 saturated heterocycles. The lowest BCUT2D eigenvalue weighted by atomic mass is 9.87. The highest BCUT2D eigenvalue weighted by Gasteiger charge is 2.18. The minimum Gasteiger partial charge on any atom is -0.339 e. The summed E-state index contributed by atoms with van der Waals surface area (Å²) in [5.74, 6) is 1.14. The second kappa shape index (κ2) is 5.48. The van der Waals surface area contributed by atoms with Crippen molar-refractivity contribution in [2.75, 3.05) is 0 Å². The second-order valence-electron chi connectivity index (χ2n) is 5.98. The fourth-order valence-electron chi connectivity index (χ4n) is 2.03. The molecule has 1 unspecified atom stereocenters. The Kier molecular flexibility index (Phi) is 3.95. The maximum Gasteiger partial charge on any atom is 0.228 e. The predicted molar refractivity (Wildman–Crippen MR) is 73.3 cm³/mol. The zero-order valence-electron chi connectivity index (χ0n) is 11.6. The van der Waals surface area contributed by atoms with Gasteiger partial charge in [-0.05, 0) is 24.0 Å². The minimum atomic E-state index is 0.0298. The van der Waals surface area contributed by atoms with Gasteiger partial charge in [-0.3, -0.25) is 4.98 Å². The van der Waals surface area contributed by atoms with E-state index in [4.69, 9.17) is 10.3 Å². The van der Waals surface area contributed by atoms with Gasteiger partial charge in [0.2, 0.25) is 11.7 Å². The standard InChI is InChI=1S/C14H20N4O/c1-14(2,3)8-11(15)7-12-17-13(18-19-12)10-5-4-6-16-9-10/h4-6,9,11H,7-8,15H2,1-3H3. The van der Waals surface area contributed by atoms with Crippen LogP contribution in [0.15, 0.2) is 29.0 Å². The van der Waals surface area contributed by atoms with Gasteiger partial charge in [-0.1, -0.05) is 25.9 Å². The lowest BCUT2D eigenvalue weighted by Crippen LogP contribution is -2.28. The number of nitrogens with zero attached hydrogens (tertiary/aromatic N) is 3. The molecule has 5 nitrogen and oxygen atoms in total. The smallest absolute Gasteiger partial charge is 0.228 e. The molecule has 19 heavy (non-hydrogen) atoms. The summed E-state index contributed by atoms with van der Waals surface area (Å²) in [5.41, 5.74) is 7.15. The molecule has 1 atom stereocenters. The van der Waals surface area contributed by atoms with Crippen molar-refractivity contribution in [1.82, 2.24) is 15.1 Å². The Balaban J connectivity index is 2.02. The Bertz CT molecular complexity index is 516. The van der Waals surface area contributed by atoms with Crippen molar-refractivity contribution in [3.05, 3.63) is 30.4 Å². The molecule has 0 spiro atoms. The summed E-state index contributed by atoms with van der Waals surface area (Å²) in [6, 6.07) is 3.77. The van der Waals surface area contributed by atoms with Gasteiger partial charge in [0.05, 0.1) is 0 Å². The zero-order valence-corrected chi connectivity index (χ0v) is 11.6. The van der Waals surface area contributed by atoms with Crippen LogP contribution in [0.25, 0.3) is 11.4 Å². The largest absolute Gasteiger partial charge is 0.339 e. The topological polar surface area (TPSA) is 77.8 Å². The van der Waals surface area contributed by atoms with Crippen molar-refractivity contribution in [3.8, 4) is 11.4 Å². The molecule has 0 aliphatic rings. The van der Waals surface area contributed by atoms with E-state index in [1.165, 1.54) is 0 Å². The van der Waals surface area contributed by atoms with Crippen LogP contribution < -0.4 is 5.73 Å². The van der Waals surface area contributed by atoms with Gasteiger partial charge < -0.3 is 10.3 Å². The van der Waals surface area contributed by atoms with Gasteiger partial charge in [0.1, 0.15) is 0 Å². The first-order chi connectivity index (χ1) is 8.94. The summed E-state index contributed by atoms with van der Waals surface area (Å²) in [6.45, 7) is 6.51. The fourth-order valence-corrected chi connectivity index (χ4v) is 2.03. The average molecular weight is 260 g/mol. The lowest BCUT2D eigenvalue weighted by Gasteiger charge is -2.21. The Morgan fingerprint density at radius 3 is 2.79 bits per heavy atom. The van der Waals surface area contributed by atoms with E-state index < -0.39 is 0 Å². The molecule has 0 aromatic carbocycles. The van der Waals surface area contributed by atoms with Crippen LogP contribution in [0.5, 0.6) is 0 Å². The van der Waals surface area contributed by atoms with Gasteiger partial charge in [0, 0.05) is 30.4 Å². The van der Waals surface area contributed by atoms with Gasteiger partial charge in [0.15, 0.2) is 0 Å². The number of aromatic nitrogens is 3. The van der Waals surface area contributed by atoms with Crippen LogP contribution in [0.4, 0.5) is 0 Å². The van der Waals surface area contributed by atoms with Crippen molar-refractivity contribution < 1.29 is 4.52 Å². The molecule has 2 aromatic heterocycles. The van der Waals surface area contributed by atoms with Gasteiger partial charge >= 0.3 is 0 Å². The predicted octanol–water partition coefficient (Wildman–Crippen LogP) is 2.44. The molecule has 0 fully saturated rings. The molecule has 0 bridgehead atoms. The molecule has 0 saturated carbocycles. The summed E-state index contributed by atoms with van der Waals surface area (Å²) in [4.78, 5) is 8.39. The zero-order chi connectivity index (χ0) is 13.9. The number of hydrogen-bond acceptors (Lipinski definition) is 5. The quantitative estimate of drug-likeness (QED) is 0.913. The molecule has 0 amide bonds. The third-order valence-electron chi connectivity index (χ3n) is 2.70. The van der Waals surface area contributed by atoms with Gasteiger partial charge in [0.25, 0.3) is 0 Å². The van der Waals surface area contributed by atoms with E-state index in [-0.39, 0.29) is 11.5 Å². The lowest BCUT2D eigenvalue weighted by molar-refractivity contribution is 0.313. The summed E-state index contributed by atoms with van der Waals surface area (Å²) in [7, 11) is 0. The molecule has 2 N–H and O–H groups in total. The maximum atomic E-state index is 6.10. The number of rotatable bonds is 4. The van der Waals surface area contributed by atoms with E-state index in [1.807, 2.05) is 12.1 Å². The molecule has 102 valence electrons. The van der Waals surface area contributed by atoms with Crippen LogP contribution in [0, 0.1) is 5.41 Å². The number of pyridine rings is 1. The molecular formula is C14H20N4O. The van der Waals surface area contributed by atoms with E-state index in [9.17, 15) is 0 Å². The maximum absolute atomic E-state index is 6.10. The second-order valence-corrected chi connectivity index (χ2v) is 5.98. The van der Waals surface area contributed by atoms with Crippen LogP contribution in [0.1, 0.15) is 33.1 Å². The molecule has 0 aliphatic carbocycles. The van der Waals surface area contributed by atoms with Crippen LogP contribution in [0.3, 0.4) is 0 Å². The molecule has 2 rings (SSSR count). The highest BCUT2D eigenvalue weighted by atomic mass is 16.5. The summed E-state index contributed by atoms with van der Waals surface area (Å²) in [6.07, 6.45) is 4.94. The van der Waals surface area contributed by atoms with Crippen LogP contribution in [0.2, 0.25) is 0 Å². The van der Waals surface area contributed by atoms with Crippen molar-refractivity contribution in [2.45, 2.75) is 39.7 Å². The first-order valence-corrected chi connectivity index (χ1v) is 6.42. The minimum absolute atomic E-state index is 0.0298. The summed E-state index contributed by atoms with van der Waals surface area (Å²) < 4.78 is 5.24. The average Bonchev–Trinajstić information content (AvgIpc) is 2.76. The van der Waals surface area contributed by atoms with E-state index >= 15 is 0 Å². The Hall–Kier alpha value is -1.75.